The first-order valence-corrected chi connectivity index (χ1v) is 16.2. The number of nitrogens with zero attached hydrogens (tertiary/aromatic N) is 3. The van der Waals surface area contributed by atoms with E-state index in [2.05, 4.69) is 91.4 Å². The van der Waals surface area contributed by atoms with E-state index in [-0.39, 0.29) is 0 Å². The Labute approximate surface area is 282 Å². The third-order valence-electron chi connectivity index (χ3n) is 9.55. The fourth-order valence-electron chi connectivity index (χ4n) is 7.44. The van der Waals surface area contributed by atoms with Crippen LogP contribution in [0, 0.1) is 45.9 Å². The molecule has 0 aliphatic rings. The van der Waals surface area contributed by atoms with Crippen molar-refractivity contribution in [2.75, 3.05) is 0 Å². The first kappa shape index (κ1) is 30.5. The van der Waals surface area contributed by atoms with E-state index in [1.807, 2.05) is 42.5 Å². The minimum absolute atomic E-state index is 0.404. The molecule has 2 aromatic heterocycles. The van der Waals surface area contributed by atoms with Crippen molar-refractivity contribution < 1.29 is 13.2 Å². The van der Waals surface area contributed by atoms with Crippen molar-refractivity contribution >= 4 is 43.6 Å². The zero-order chi connectivity index (χ0) is 34.4. The highest BCUT2D eigenvalue weighted by Gasteiger charge is 2.32. The van der Waals surface area contributed by atoms with Crippen LogP contribution in [0.3, 0.4) is 0 Å². The molecule has 0 bridgehead atoms. The number of hydrogen-bond acceptors (Lipinski definition) is 1. The van der Waals surface area contributed by atoms with Gasteiger partial charge in [-0.1, -0.05) is 52.6 Å². The summed E-state index contributed by atoms with van der Waals surface area (Å²) in [6, 6.07) is 35.3. The molecule has 6 heteroatoms. The number of halogens is 3. The van der Waals surface area contributed by atoms with Gasteiger partial charge in [-0.15, -0.1) is 0 Å². The first-order chi connectivity index (χ1) is 23.4. The lowest BCUT2D eigenvalue weighted by atomic mass is 9.95. The number of rotatable bonds is 3. The summed E-state index contributed by atoms with van der Waals surface area (Å²) >= 11 is 0. The zero-order valence-corrected chi connectivity index (χ0v) is 27.8. The second kappa shape index (κ2) is 10.9. The minimum Gasteiger partial charge on any atom is -0.308 e. The van der Waals surface area contributed by atoms with Gasteiger partial charge in [0.25, 0.3) is 0 Å². The lowest BCUT2D eigenvalue weighted by Crippen LogP contribution is -2.08. The highest BCUT2D eigenvalue weighted by molar-refractivity contribution is 6.12. The molecule has 49 heavy (non-hydrogen) atoms. The molecule has 240 valence electrons. The van der Waals surface area contributed by atoms with Crippen molar-refractivity contribution in [2.24, 2.45) is 0 Å². The van der Waals surface area contributed by atoms with Gasteiger partial charge in [0.2, 0.25) is 0 Å². The van der Waals surface area contributed by atoms with Crippen molar-refractivity contribution in [1.29, 1.82) is 5.26 Å². The van der Waals surface area contributed by atoms with Gasteiger partial charge in [0.15, 0.2) is 0 Å². The van der Waals surface area contributed by atoms with Crippen molar-refractivity contribution in [1.82, 2.24) is 9.13 Å². The van der Waals surface area contributed by atoms with Gasteiger partial charge in [-0.05, 0) is 119 Å². The van der Waals surface area contributed by atoms with Crippen LogP contribution < -0.4 is 0 Å². The minimum atomic E-state index is -4.54. The summed E-state index contributed by atoms with van der Waals surface area (Å²) in [5.74, 6) is 0. The Morgan fingerprint density at radius 1 is 0.490 bits per heavy atom. The maximum absolute atomic E-state index is 14.5. The summed E-state index contributed by atoms with van der Waals surface area (Å²) in [6.07, 6.45) is -4.54. The van der Waals surface area contributed by atoms with Gasteiger partial charge in [0, 0.05) is 27.1 Å². The molecule has 8 rings (SSSR count). The third kappa shape index (κ3) is 4.88. The molecular weight excluding hydrogens is 615 g/mol. The Hall–Kier alpha value is -5.80. The molecule has 0 spiro atoms. The van der Waals surface area contributed by atoms with Crippen LogP contribution >= 0.6 is 0 Å². The molecular formula is C43H32F3N3. The maximum atomic E-state index is 14.5. The van der Waals surface area contributed by atoms with Crippen molar-refractivity contribution in [2.45, 2.75) is 40.8 Å². The molecule has 0 aliphatic heterocycles. The Kier molecular flexibility index (Phi) is 6.77. The van der Waals surface area contributed by atoms with Crippen molar-refractivity contribution in [3.8, 4) is 28.6 Å². The topological polar surface area (TPSA) is 33.6 Å². The van der Waals surface area contributed by atoms with E-state index in [0.717, 1.165) is 65.9 Å². The van der Waals surface area contributed by atoms with Gasteiger partial charge >= 0.3 is 6.18 Å². The molecule has 0 fully saturated rings. The first-order valence-electron chi connectivity index (χ1n) is 16.2. The molecule has 8 aromatic rings. The second-order valence-electron chi connectivity index (χ2n) is 13.3. The van der Waals surface area contributed by atoms with Crippen LogP contribution in [0.2, 0.25) is 0 Å². The highest BCUT2D eigenvalue weighted by Crippen LogP contribution is 2.44. The van der Waals surface area contributed by atoms with Crippen LogP contribution in [-0.4, -0.2) is 9.13 Å². The molecule has 0 saturated carbocycles. The lowest BCUT2D eigenvalue weighted by molar-refractivity contribution is -0.137. The smallest absolute Gasteiger partial charge is 0.308 e. The molecule has 0 amide bonds. The quantitative estimate of drug-likeness (QED) is 0.188. The van der Waals surface area contributed by atoms with Crippen LogP contribution in [0.15, 0.2) is 103 Å². The molecule has 0 aliphatic carbocycles. The molecule has 2 heterocycles. The van der Waals surface area contributed by atoms with Crippen LogP contribution in [0.4, 0.5) is 13.2 Å². The van der Waals surface area contributed by atoms with E-state index in [9.17, 15) is 18.4 Å². The highest BCUT2D eigenvalue weighted by atomic mass is 19.4. The molecule has 0 N–H and O–H groups in total. The molecule has 6 aromatic carbocycles. The number of aromatic nitrogens is 2. The standard InChI is InChI=1S/C43H32F3N3/c1-24-6-10-36-32(16-24)33-17-25(2)7-11-37(33)48(36)40-20-29(23-47)21-41(42(40)30-14-28(5)15-31(22-30)43(44,45)46)49-38-12-8-26(3)18-34(38)35-19-27(4)9-13-39(35)49/h6-22H,1-5H3. The van der Waals surface area contributed by atoms with E-state index in [1.54, 1.807) is 6.92 Å². The van der Waals surface area contributed by atoms with E-state index in [0.29, 0.717) is 33.6 Å². The van der Waals surface area contributed by atoms with E-state index >= 15 is 0 Å². The zero-order valence-electron chi connectivity index (χ0n) is 27.8. The second-order valence-corrected chi connectivity index (χ2v) is 13.3. The normalized spacial score (nSPS) is 12.1. The predicted octanol–water partition coefficient (Wildman–Crippen LogP) is 12.0. The average Bonchev–Trinajstić information content (AvgIpc) is 3.54. The summed E-state index contributed by atoms with van der Waals surface area (Å²) < 4.78 is 47.6. The number of hydrogen-bond donors (Lipinski definition) is 0. The number of nitriles is 1. The molecule has 3 nitrogen and oxygen atoms in total. The van der Waals surface area contributed by atoms with Gasteiger partial charge in [-0.3, -0.25) is 0 Å². The summed E-state index contributed by atoms with van der Waals surface area (Å²) in [6.45, 7) is 9.90. The fraction of sp³-hybridized carbons (Fsp3) is 0.140. The Morgan fingerprint density at radius 3 is 1.22 bits per heavy atom. The number of fused-ring (bicyclic) bond motifs is 6. The molecule has 0 atom stereocenters. The van der Waals surface area contributed by atoms with Crippen molar-refractivity contribution in [3.63, 3.8) is 0 Å². The predicted molar refractivity (Wildman–Crippen MR) is 194 cm³/mol. The van der Waals surface area contributed by atoms with Crippen LogP contribution in [0.1, 0.15) is 38.9 Å². The van der Waals surface area contributed by atoms with Crippen LogP contribution in [-0.2, 0) is 6.18 Å². The number of aryl methyl sites for hydroxylation is 5. The Balaban J connectivity index is 1.62. The van der Waals surface area contributed by atoms with E-state index in [1.165, 1.54) is 12.1 Å². The lowest BCUT2D eigenvalue weighted by Gasteiger charge is -2.22. The summed E-state index contributed by atoms with van der Waals surface area (Å²) in [4.78, 5) is 0. The summed E-state index contributed by atoms with van der Waals surface area (Å²) in [5, 5.41) is 14.7. The monoisotopic (exact) mass is 647 g/mol. The summed E-state index contributed by atoms with van der Waals surface area (Å²) in [5.41, 5.74) is 10.5. The summed E-state index contributed by atoms with van der Waals surface area (Å²) in [7, 11) is 0. The van der Waals surface area contributed by atoms with Gasteiger partial charge in [0.05, 0.1) is 50.6 Å². The molecule has 0 radical (unpaired) electrons. The number of alkyl halides is 3. The van der Waals surface area contributed by atoms with Crippen LogP contribution in [0.5, 0.6) is 0 Å². The molecule has 0 unspecified atom stereocenters. The largest absolute Gasteiger partial charge is 0.416 e. The van der Waals surface area contributed by atoms with Gasteiger partial charge in [0.1, 0.15) is 0 Å². The van der Waals surface area contributed by atoms with E-state index in [4.69, 9.17) is 0 Å². The Bertz CT molecular complexity index is 2450. The SMILES string of the molecule is Cc1cc(-c2c(-n3c4ccc(C)cc4c4cc(C)ccc43)cc(C#N)cc2-n2c3ccc(C)cc3c3cc(C)ccc32)cc(C(F)(F)F)c1. The average molecular weight is 648 g/mol. The van der Waals surface area contributed by atoms with Crippen molar-refractivity contribution in [3.05, 3.63) is 142 Å². The fourth-order valence-corrected chi connectivity index (χ4v) is 7.44. The van der Waals surface area contributed by atoms with E-state index < -0.39 is 11.7 Å². The van der Waals surface area contributed by atoms with Gasteiger partial charge < -0.3 is 9.13 Å². The van der Waals surface area contributed by atoms with Gasteiger partial charge in [-0.2, -0.15) is 18.4 Å². The van der Waals surface area contributed by atoms with Gasteiger partial charge in [-0.25, -0.2) is 0 Å². The maximum Gasteiger partial charge on any atom is 0.416 e. The number of benzene rings is 6. The molecule has 0 saturated heterocycles. The Morgan fingerprint density at radius 2 is 0.878 bits per heavy atom. The third-order valence-corrected chi connectivity index (χ3v) is 9.55. The van der Waals surface area contributed by atoms with Crippen LogP contribution in [0.25, 0.3) is 66.1 Å².